The number of aromatic amines is 1. The minimum Gasteiger partial charge on any atom is -0.443 e. The minimum atomic E-state index is -0.506. The number of carbonyl (C=O) groups is 1. The van der Waals surface area contributed by atoms with Crippen molar-refractivity contribution in [2.75, 3.05) is 31.1 Å². The van der Waals surface area contributed by atoms with Gasteiger partial charge in [-0.05, 0) is 161 Å². The van der Waals surface area contributed by atoms with Crippen LogP contribution in [0.5, 0.6) is 0 Å². The molecule has 5 N–H and O–H groups in total. The standard InChI is InChI=1S/C16H12N4.C12H13IN2O2.C9H7BrN2.C6H12BO2.C6H15N/c17-15-8-12(10-4-1-2-6-14(10)20-15)13-9-19-16-11(13)5-3-7-18-16;1-12(2,3)17-11(16)15-7-9(13)8-5-4-6-14-10(8)15;10-7-5-9(11)12-8-4-2-1-3-6(7)8;1-5(2)6(3,4)9-7-8-5;1-4-7(5-2)6-3/h1-9H,(H2,17,20)(H,18,19);4-7H,1-3H3;1-5H,(H2,11,12);1-4H3;4-6H2,1-3H3. The molecule has 65 heavy (non-hydrogen) atoms. The Labute approximate surface area is 404 Å². The molecule has 6 aromatic heterocycles. The van der Waals surface area contributed by atoms with Gasteiger partial charge < -0.3 is 35.4 Å². The number of hydrogen-bond acceptors (Lipinski definition) is 11. The van der Waals surface area contributed by atoms with Crippen molar-refractivity contribution >= 4 is 108 Å². The summed E-state index contributed by atoms with van der Waals surface area (Å²) in [5.74, 6) is 1.07. The second-order valence-corrected chi connectivity index (χ2v) is 19.0. The van der Waals surface area contributed by atoms with Gasteiger partial charge in [-0.25, -0.2) is 29.3 Å². The lowest BCUT2D eigenvalue weighted by molar-refractivity contribution is 0.00578. The topological polar surface area (TPSA) is 172 Å². The molecule has 2 aromatic carbocycles. The summed E-state index contributed by atoms with van der Waals surface area (Å²) in [7, 11) is 1.42. The predicted octanol–water partition coefficient (Wildman–Crippen LogP) is 11.8. The van der Waals surface area contributed by atoms with Crippen LogP contribution in [0.3, 0.4) is 0 Å². The summed E-state index contributed by atoms with van der Waals surface area (Å²) in [4.78, 5) is 34.7. The first-order valence-corrected chi connectivity index (χ1v) is 23.3. The van der Waals surface area contributed by atoms with Crippen LogP contribution in [0, 0.1) is 3.57 Å². The van der Waals surface area contributed by atoms with Crippen molar-refractivity contribution in [3.63, 3.8) is 0 Å². The number of nitrogens with two attached hydrogens (primary N) is 2. The average molecular weight is 1060 g/mol. The molecule has 0 amide bonds. The largest absolute Gasteiger partial charge is 0.488 e. The van der Waals surface area contributed by atoms with Gasteiger partial charge in [0.15, 0.2) is 0 Å². The third-order valence-electron chi connectivity index (χ3n) is 10.7. The minimum absolute atomic E-state index is 0.187. The molecule has 1 radical (unpaired) electrons. The van der Waals surface area contributed by atoms with E-state index in [9.17, 15) is 4.79 Å². The molecule has 1 aliphatic heterocycles. The van der Waals surface area contributed by atoms with Gasteiger partial charge in [-0.1, -0.05) is 57.2 Å². The van der Waals surface area contributed by atoms with E-state index in [4.69, 9.17) is 25.5 Å². The third kappa shape index (κ3) is 13.2. The molecule has 0 spiro atoms. The maximum Gasteiger partial charge on any atom is 0.488 e. The molecule has 13 nitrogen and oxygen atoms in total. The van der Waals surface area contributed by atoms with Crippen molar-refractivity contribution in [1.82, 2.24) is 34.4 Å². The van der Waals surface area contributed by atoms with Crippen molar-refractivity contribution in [3.05, 3.63) is 118 Å². The molecule has 1 fully saturated rings. The van der Waals surface area contributed by atoms with Crippen molar-refractivity contribution in [2.45, 2.75) is 86.0 Å². The van der Waals surface area contributed by atoms with Crippen LogP contribution >= 0.6 is 38.5 Å². The first-order chi connectivity index (χ1) is 30.8. The summed E-state index contributed by atoms with van der Waals surface area (Å²) >= 11 is 5.61. The second-order valence-electron chi connectivity index (χ2n) is 16.9. The van der Waals surface area contributed by atoms with Gasteiger partial charge in [-0.15, -0.1) is 0 Å². The molecule has 341 valence electrons. The smallest absolute Gasteiger partial charge is 0.443 e. The summed E-state index contributed by atoms with van der Waals surface area (Å²) in [5, 5.41) is 4.22. The van der Waals surface area contributed by atoms with E-state index in [2.05, 4.69) is 101 Å². The maximum atomic E-state index is 12.0. The van der Waals surface area contributed by atoms with Crippen LogP contribution < -0.4 is 11.5 Å². The van der Waals surface area contributed by atoms with Crippen LogP contribution in [0.2, 0.25) is 0 Å². The number of anilines is 2. The lowest BCUT2D eigenvalue weighted by Crippen LogP contribution is -2.41. The molecule has 0 saturated carbocycles. The molecular formula is C49H59BBrIN9O4. The van der Waals surface area contributed by atoms with Gasteiger partial charge in [0.1, 0.15) is 28.5 Å². The highest BCUT2D eigenvalue weighted by atomic mass is 127. The van der Waals surface area contributed by atoms with Crippen molar-refractivity contribution in [3.8, 4) is 11.1 Å². The molecule has 0 bridgehead atoms. The predicted molar refractivity (Wildman–Crippen MR) is 279 cm³/mol. The van der Waals surface area contributed by atoms with Crippen molar-refractivity contribution in [1.29, 1.82) is 0 Å². The lowest BCUT2D eigenvalue weighted by atomic mass is 9.90. The third-order valence-corrected chi connectivity index (χ3v) is 12.3. The van der Waals surface area contributed by atoms with Crippen LogP contribution in [-0.4, -0.2) is 84.6 Å². The van der Waals surface area contributed by atoms with Crippen molar-refractivity contribution < 1.29 is 18.8 Å². The number of H-pyrrole nitrogens is 1. The van der Waals surface area contributed by atoms with E-state index >= 15 is 0 Å². The second kappa shape index (κ2) is 22.4. The van der Waals surface area contributed by atoms with E-state index in [1.165, 1.54) is 31.9 Å². The van der Waals surface area contributed by atoms with E-state index in [0.717, 1.165) is 57.4 Å². The zero-order valence-electron chi connectivity index (χ0n) is 38.8. The van der Waals surface area contributed by atoms with Gasteiger partial charge >= 0.3 is 13.8 Å². The molecule has 1 aliphatic rings. The van der Waals surface area contributed by atoms with Gasteiger partial charge in [0, 0.05) is 59.9 Å². The number of pyridine rings is 4. The monoisotopic (exact) mass is 1050 g/mol. The summed E-state index contributed by atoms with van der Waals surface area (Å²) in [5.41, 5.74) is 16.1. The van der Waals surface area contributed by atoms with Gasteiger partial charge in [0.2, 0.25) is 0 Å². The van der Waals surface area contributed by atoms with Gasteiger partial charge in [0.05, 0.1) is 22.2 Å². The number of benzene rings is 2. The SMILES string of the molecule is CC(C)(C)OC(=O)n1cc(I)c2cccnc21.CC1(C)O[B]OC1(C)C.CCN(CC)CC.Nc1cc(-c2c[nH]c3ncccc23)c2ccccc2n1.Nc1cc(Br)c2ccccc2n1. The number of carbonyl (C=O) groups excluding carboxylic acids is 1. The fraction of sp³-hybridized carbons (Fsp3) is 0.327. The van der Waals surface area contributed by atoms with Crippen LogP contribution in [-0.2, 0) is 14.0 Å². The van der Waals surface area contributed by atoms with E-state index in [1.54, 1.807) is 18.6 Å². The Bertz CT molecular complexity index is 2820. The molecule has 0 aliphatic carbocycles. The highest BCUT2D eigenvalue weighted by molar-refractivity contribution is 14.1. The Hall–Kier alpha value is -5.14. The zero-order valence-corrected chi connectivity index (χ0v) is 42.6. The van der Waals surface area contributed by atoms with E-state index in [0.29, 0.717) is 17.3 Å². The van der Waals surface area contributed by atoms with Crippen molar-refractivity contribution in [2.24, 2.45) is 0 Å². The van der Waals surface area contributed by atoms with Crippen LogP contribution in [0.4, 0.5) is 16.4 Å². The summed E-state index contributed by atoms with van der Waals surface area (Å²) in [6.07, 6.45) is 6.76. The highest BCUT2D eigenvalue weighted by Crippen LogP contribution is 2.35. The quantitative estimate of drug-likeness (QED) is 0.113. The number of nitrogen functional groups attached to an aromatic ring is 2. The Kier molecular flexibility index (Phi) is 17.5. The van der Waals surface area contributed by atoms with Crippen LogP contribution in [0.1, 0.15) is 69.2 Å². The number of ether oxygens (including phenoxy) is 1. The average Bonchev–Trinajstić information content (AvgIpc) is 3.92. The fourth-order valence-corrected chi connectivity index (χ4v) is 7.71. The molecule has 8 aromatic rings. The molecule has 0 unspecified atom stereocenters. The number of aromatic nitrogens is 6. The number of fused-ring (bicyclic) bond motifs is 4. The van der Waals surface area contributed by atoms with E-state index in [-0.39, 0.29) is 11.2 Å². The van der Waals surface area contributed by atoms with Gasteiger partial charge in [-0.2, -0.15) is 0 Å². The normalized spacial score (nSPS) is 13.7. The number of para-hydroxylation sites is 2. The van der Waals surface area contributed by atoms with Gasteiger partial charge in [0.25, 0.3) is 0 Å². The number of nitrogens with zero attached hydrogens (tertiary/aromatic N) is 6. The molecule has 7 heterocycles. The first kappa shape index (κ1) is 50.9. The zero-order chi connectivity index (χ0) is 47.5. The maximum absolute atomic E-state index is 12.0. The Morgan fingerprint density at radius 2 is 1.31 bits per heavy atom. The highest BCUT2D eigenvalue weighted by Gasteiger charge is 2.44. The van der Waals surface area contributed by atoms with E-state index < -0.39 is 11.7 Å². The summed E-state index contributed by atoms with van der Waals surface area (Å²) in [6.45, 7) is 23.7. The lowest BCUT2D eigenvalue weighted by Gasteiger charge is -2.32. The van der Waals surface area contributed by atoms with Crippen LogP contribution in [0.15, 0.2) is 114 Å². The molecular weight excluding hydrogens is 996 g/mol. The van der Waals surface area contributed by atoms with E-state index in [1.807, 2.05) is 127 Å². The van der Waals surface area contributed by atoms with Gasteiger partial charge in [-0.3, -0.25) is 0 Å². The first-order valence-electron chi connectivity index (χ1n) is 21.4. The molecule has 16 heteroatoms. The molecule has 0 atom stereocenters. The Balaban J connectivity index is 0.000000160. The molecule has 1 saturated heterocycles. The number of nitrogens with one attached hydrogen (secondary N) is 1. The number of halogens is 2. The number of hydrogen-bond donors (Lipinski definition) is 3. The van der Waals surface area contributed by atoms with Crippen LogP contribution in [0.25, 0.3) is 55.0 Å². The fourth-order valence-electron chi connectivity index (χ4n) is 6.44. The number of rotatable bonds is 4. The Morgan fingerprint density at radius 1 is 0.785 bits per heavy atom. The summed E-state index contributed by atoms with van der Waals surface area (Å²) < 4.78 is 19.2. The molecule has 9 rings (SSSR count). The Morgan fingerprint density at radius 3 is 1.86 bits per heavy atom. The summed E-state index contributed by atoms with van der Waals surface area (Å²) in [6, 6.07) is 27.4.